The molecule has 0 spiro atoms. The zero-order valence-electron chi connectivity index (χ0n) is 16.7. The van der Waals surface area contributed by atoms with Crippen LogP contribution in [0.5, 0.6) is 0 Å². The summed E-state index contributed by atoms with van der Waals surface area (Å²) < 4.78 is 7.41. The Bertz CT molecular complexity index is 1450. The summed E-state index contributed by atoms with van der Waals surface area (Å²) in [4.78, 5) is 27.8. The molecule has 3 aromatic heterocycles. The van der Waals surface area contributed by atoms with Crippen LogP contribution in [0.25, 0.3) is 27.6 Å². The molecule has 0 saturated heterocycles. The SMILES string of the molecule is Cc1cc(NC(=O)c2cccc([N+](=O)[O-])c2)n(-c2nc(-c3cc4ccccc4o3)cs2)n1. The van der Waals surface area contributed by atoms with E-state index in [2.05, 4.69) is 15.4 Å². The topological polar surface area (TPSA) is 116 Å². The number of nitro groups is 1. The number of nitrogens with one attached hydrogen (secondary N) is 1. The molecule has 0 unspecified atom stereocenters. The van der Waals surface area contributed by atoms with Gasteiger partial charge in [-0.25, -0.2) is 4.98 Å². The molecule has 5 aromatic rings. The highest BCUT2D eigenvalue weighted by Gasteiger charge is 2.18. The summed E-state index contributed by atoms with van der Waals surface area (Å²) >= 11 is 1.35. The van der Waals surface area contributed by atoms with E-state index in [1.165, 1.54) is 40.3 Å². The molecule has 9 nitrogen and oxygen atoms in total. The van der Waals surface area contributed by atoms with Crippen molar-refractivity contribution in [3.05, 3.63) is 87.4 Å². The maximum Gasteiger partial charge on any atom is 0.270 e. The number of fused-ring (bicyclic) bond motifs is 1. The Morgan fingerprint density at radius 3 is 2.81 bits per heavy atom. The van der Waals surface area contributed by atoms with Crippen LogP contribution in [0.1, 0.15) is 16.1 Å². The smallest absolute Gasteiger partial charge is 0.270 e. The summed E-state index contributed by atoms with van der Waals surface area (Å²) in [5.74, 6) is 0.563. The maximum atomic E-state index is 12.7. The minimum Gasteiger partial charge on any atom is -0.454 e. The monoisotopic (exact) mass is 445 g/mol. The molecule has 0 saturated carbocycles. The lowest BCUT2D eigenvalue weighted by Gasteiger charge is -2.06. The Balaban J connectivity index is 1.44. The summed E-state index contributed by atoms with van der Waals surface area (Å²) in [6, 6.07) is 16.9. The molecule has 3 heterocycles. The predicted molar refractivity (Wildman–Crippen MR) is 120 cm³/mol. The number of nitro benzene ring substituents is 1. The molecule has 10 heteroatoms. The first-order valence-corrected chi connectivity index (χ1v) is 10.4. The van der Waals surface area contributed by atoms with Crippen molar-refractivity contribution in [3.63, 3.8) is 0 Å². The molecule has 0 radical (unpaired) electrons. The van der Waals surface area contributed by atoms with E-state index in [0.717, 1.165) is 11.0 Å². The van der Waals surface area contributed by atoms with Crippen LogP contribution in [0.2, 0.25) is 0 Å². The lowest BCUT2D eigenvalue weighted by Crippen LogP contribution is -2.15. The summed E-state index contributed by atoms with van der Waals surface area (Å²) in [7, 11) is 0. The van der Waals surface area contributed by atoms with E-state index in [0.29, 0.717) is 28.1 Å². The number of aryl methyl sites for hydroxylation is 1. The first-order valence-electron chi connectivity index (χ1n) is 9.55. The second-order valence-corrected chi connectivity index (χ2v) is 7.84. The number of benzene rings is 2. The highest BCUT2D eigenvalue weighted by atomic mass is 32.1. The van der Waals surface area contributed by atoms with Gasteiger partial charge in [0.15, 0.2) is 5.76 Å². The van der Waals surface area contributed by atoms with Gasteiger partial charge in [0.05, 0.1) is 10.6 Å². The quantitative estimate of drug-likeness (QED) is 0.293. The van der Waals surface area contributed by atoms with Gasteiger partial charge in [-0.15, -0.1) is 11.3 Å². The molecule has 0 aliphatic heterocycles. The van der Waals surface area contributed by atoms with Crippen molar-refractivity contribution in [2.75, 3.05) is 5.32 Å². The number of rotatable bonds is 5. The van der Waals surface area contributed by atoms with E-state index in [4.69, 9.17) is 4.42 Å². The average Bonchev–Trinajstić information content (AvgIpc) is 3.51. The zero-order valence-corrected chi connectivity index (χ0v) is 17.5. The van der Waals surface area contributed by atoms with E-state index >= 15 is 0 Å². The van der Waals surface area contributed by atoms with Crippen LogP contribution in [0, 0.1) is 17.0 Å². The zero-order chi connectivity index (χ0) is 22.2. The van der Waals surface area contributed by atoms with Crippen molar-refractivity contribution in [1.29, 1.82) is 0 Å². The van der Waals surface area contributed by atoms with E-state index in [1.54, 1.807) is 13.0 Å². The molecule has 2 aromatic carbocycles. The number of thiazole rings is 1. The van der Waals surface area contributed by atoms with E-state index < -0.39 is 10.8 Å². The van der Waals surface area contributed by atoms with Crippen LogP contribution in [-0.4, -0.2) is 25.6 Å². The number of anilines is 1. The highest BCUT2D eigenvalue weighted by molar-refractivity contribution is 7.12. The number of nitrogens with zero attached hydrogens (tertiary/aromatic N) is 4. The molecular formula is C22H15N5O4S. The fraction of sp³-hybridized carbons (Fsp3) is 0.0455. The molecule has 1 amide bonds. The van der Waals surface area contributed by atoms with E-state index in [9.17, 15) is 14.9 Å². The van der Waals surface area contributed by atoms with Crippen LogP contribution in [0.3, 0.4) is 0 Å². The van der Waals surface area contributed by atoms with Crippen LogP contribution >= 0.6 is 11.3 Å². The minimum absolute atomic E-state index is 0.155. The number of hydrogen-bond donors (Lipinski definition) is 1. The Kier molecular flexibility index (Phi) is 4.75. The van der Waals surface area contributed by atoms with Crippen molar-refractivity contribution in [2.24, 2.45) is 0 Å². The number of hydrogen-bond acceptors (Lipinski definition) is 7. The number of aromatic nitrogens is 3. The molecule has 5 rings (SSSR count). The van der Waals surface area contributed by atoms with Crippen molar-refractivity contribution < 1.29 is 14.1 Å². The maximum absolute atomic E-state index is 12.7. The number of non-ortho nitro benzene ring substituents is 1. The van der Waals surface area contributed by atoms with E-state index in [-0.39, 0.29) is 11.3 Å². The van der Waals surface area contributed by atoms with Crippen LogP contribution in [0.15, 0.2) is 70.5 Å². The molecule has 0 fully saturated rings. The molecule has 0 bridgehead atoms. The third kappa shape index (κ3) is 3.63. The molecule has 0 atom stereocenters. The minimum atomic E-state index is -0.541. The second-order valence-electron chi connectivity index (χ2n) is 7.01. The number of amides is 1. The van der Waals surface area contributed by atoms with E-state index in [1.807, 2.05) is 35.7 Å². The van der Waals surface area contributed by atoms with Crippen LogP contribution in [0.4, 0.5) is 11.5 Å². The van der Waals surface area contributed by atoms with Gasteiger partial charge in [-0.1, -0.05) is 24.3 Å². The van der Waals surface area contributed by atoms with Gasteiger partial charge >= 0.3 is 0 Å². The van der Waals surface area contributed by atoms with Crippen LogP contribution < -0.4 is 5.32 Å². The first kappa shape index (κ1) is 19.6. The predicted octanol–water partition coefficient (Wildman–Crippen LogP) is 5.21. The summed E-state index contributed by atoms with van der Waals surface area (Å²) in [5, 5.41) is 21.6. The van der Waals surface area contributed by atoms with Crippen molar-refractivity contribution in [2.45, 2.75) is 6.92 Å². The molecule has 158 valence electrons. The van der Waals surface area contributed by atoms with Gasteiger partial charge < -0.3 is 9.73 Å². The van der Waals surface area contributed by atoms with Crippen molar-refractivity contribution in [1.82, 2.24) is 14.8 Å². The Hall–Kier alpha value is -4.31. The Morgan fingerprint density at radius 2 is 2.00 bits per heavy atom. The van der Waals surface area contributed by atoms with Gasteiger partial charge in [-0.05, 0) is 25.1 Å². The molecule has 0 aliphatic carbocycles. The van der Waals surface area contributed by atoms with Crippen molar-refractivity contribution in [3.8, 4) is 16.6 Å². The standard InChI is InChI=1S/C22H15N5O4S/c1-13-9-20(24-21(28)15-6-4-7-16(10-15)27(29)30)26(25-13)22-23-17(12-32-22)19-11-14-5-2-3-8-18(14)31-19/h2-12H,1H3,(H,24,28). The van der Waals surface area contributed by atoms with Gasteiger partial charge in [-0.2, -0.15) is 9.78 Å². The number of carbonyl (C=O) groups excluding carboxylic acids is 1. The lowest BCUT2D eigenvalue weighted by atomic mass is 10.2. The largest absolute Gasteiger partial charge is 0.454 e. The normalized spacial score (nSPS) is 11.0. The molecule has 0 aliphatic rings. The van der Waals surface area contributed by atoms with Gasteiger partial charge in [0.2, 0.25) is 5.13 Å². The fourth-order valence-electron chi connectivity index (χ4n) is 3.27. The number of carbonyl (C=O) groups is 1. The van der Waals surface area contributed by atoms with Crippen LogP contribution in [-0.2, 0) is 0 Å². The number of para-hydroxylation sites is 1. The van der Waals surface area contributed by atoms with Crippen molar-refractivity contribution >= 4 is 39.7 Å². The molecular weight excluding hydrogens is 430 g/mol. The summed E-state index contributed by atoms with van der Waals surface area (Å²) in [5.41, 5.74) is 2.13. The first-order chi connectivity index (χ1) is 15.5. The highest BCUT2D eigenvalue weighted by Crippen LogP contribution is 2.30. The van der Waals surface area contributed by atoms with Gasteiger partial charge in [0, 0.05) is 34.5 Å². The summed E-state index contributed by atoms with van der Waals surface area (Å²) in [6.45, 7) is 1.80. The average molecular weight is 445 g/mol. The second kappa shape index (κ2) is 7.75. The van der Waals surface area contributed by atoms with Gasteiger partial charge in [-0.3, -0.25) is 14.9 Å². The Morgan fingerprint density at radius 1 is 1.16 bits per heavy atom. The number of furan rings is 1. The Labute approximate surface area is 185 Å². The van der Waals surface area contributed by atoms with Gasteiger partial charge in [0.25, 0.3) is 11.6 Å². The molecule has 1 N–H and O–H groups in total. The molecule has 32 heavy (non-hydrogen) atoms. The lowest BCUT2D eigenvalue weighted by molar-refractivity contribution is -0.384. The van der Waals surface area contributed by atoms with Gasteiger partial charge in [0.1, 0.15) is 17.1 Å². The fourth-order valence-corrected chi connectivity index (χ4v) is 4.04. The third-order valence-electron chi connectivity index (χ3n) is 4.74. The summed E-state index contributed by atoms with van der Waals surface area (Å²) in [6.07, 6.45) is 0. The third-order valence-corrected chi connectivity index (χ3v) is 5.56.